The van der Waals surface area contributed by atoms with E-state index in [4.69, 9.17) is 0 Å². The first-order valence-electron chi connectivity index (χ1n) is 5.05. The molecule has 0 aromatic heterocycles. The Morgan fingerprint density at radius 3 is 2.23 bits per heavy atom. The summed E-state index contributed by atoms with van der Waals surface area (Å²) < 4.78 is 0. The maximum Gasteiger partial charge on any atom is 0.225 e. The number of hydrogen-bond donors (Lipinski definition) is 0. The average molecular weight is 181 g/mol. The molecule has 0 radical (unpaired) electrons. The highest BCUT2D eigenvalue weighted by atomic mass is 16.2. The lowest BCUT2D eigenvalue weighted by Crippen LogP contribution is -2.39. The van der Waals surface area contributed by atoms with E-state index in [1.165, 1.54) is 0 Å². The van der Waals surface area contributed by atoms with Crippen molar-refractivity contribution in [2.75, 3.05) is 13.1 Å². The van der Waals surface area contributed by atoms with Gasteiger partial charge in [0.05, 0.1) is 0 Å². The fourth-order valence-corrected chi connectivity index (χ4v) is 1.84. The molecule has 72 valence electrons. The van der Waals surface area contributed by atoms with E-state index in [1.807, 2.05) is 4.90 Å². The third-order valence-electron chi connectivity index (χ3n) is 2.97. The lowest BCUT2D eigenvalue weighted by Gasteiger charge is -2.29. The summed E-state index contributed by atoms with van der Waals surface area (Å²) in [6.45, 7) is 1.58. The minimum absolute atomic E-state index is 0.197. The van der Waals surface area contributed by atoms with E-state index < -0.39 is 0 Å². The van der Waals surface area contributed by atoms with Gasteiger partial charge in [-0.25, -0.2) is 0 Å². The van der Waals surface area contributed by atoms with Crippen molar-refractivity contribution < 1.29 is 9.59 Å². The third kappa shape index (κ3) is 1.90. The van der Waals surface area contributed by atoms with Crippen molar-refractivity contribution in [3.05, 3.63) is 0 Å². The molecule has 3 nitrogen and oxygen atoms in total. The zero-order valence-corrected chi connectivity index (χ0v) is 7.74. The first-order valence-corrected chi connectivity index (χ1v) is 5.05. The van der Waals surface area contributed by atoms with E-state index in [0.717, 1.165) is 45.1 Å². The molecular weight excluding hydrogens is 166 g/mol. The summed E-state index contributed by atoms with van der Waals surface area (Å²) in [7, 11) is 0. The van der Waals surface area contributed by atoms with Crippen molar-refractivity contribution in [3.8, 4) is 0 Å². The average Bonchev–Trinajstić information content (AvgIpc) is 3.00. The summed E-state index contributed by atoms with van der Waals surface area (Å²) in [5.41, 5.74) is 0. The van der Waals surface area contributed by atoms with Crippen molar-refractivity contribution in [2.24, 2.45) is 11.8 Å². The second-order valence-electron chi connectivity index (χ2n) is 4.07. The number of rotatable bonds is 2. The Morgan fingerprint density at radius 1 is 1.15 bits per heavy atom. The smallest absolute Gasteiger partial charge is 0.225 e. The molecule has 0 N–H and O–H groups in total. The minimum Gasteiger partial charge on any atom is -0.342 e. The molecule has 1 aliphatic carbocycles. The van der Waals surface area contributed by atoms with Gasteiger partial charge in [-0.05, 0) is 25.7 Å². The molecule has 3 heteroatoms. The van der Waals surface area contributed by atoms with Gasteiger partial charge in [-0.2, -0.15) is 0 Å². The second kappa shape index (κ2) is 3.48. The van der Waals surface area contributed by atoms with Crippen LogP contribution in [0.1, 0.15) is 25.7 Å². The molecule has 0 atom stereocenters. The van der Waals surface area contributed by atoms with Gasteiger partial charge >= 0.3 is 0 Å². The summed E-state index contributed by atoms with van der Waals surface area (Å²) in [6, 6.07) is 0. The summed E-state index contributed by atoms with van der Waals surface area (Å²) in [4.78, 5) is 24.0. The van der Waals surface area contributed by atoms with Gasteiger partial charge in [0.15, 0.2) is 0 Å². The van der Waals surface area contributed by atoms with Crippen LogP contribution in [0.4, 0.5) is 0 Å². The predicted molar refractivity (Wildman–Crippen MR) is 48.1 cm³/mol. The van der Waals surface area contributed by atoms with Gasteiger partial charge in [0.1, 0.15) is 6.29 Å². The third-order valence-corrected chi connectivity index (χ3v) is 2.97. The molecular formula is C10H15NO2. The van der Waals surface area contributed by atoms with E-state index in [0.29, 0.717) is 11.8 Å². The highest BCUT2D eigenvalue weighted by molar-refractivity contribution is 5.81. The Bertz CT molecular complexity index is 215. The Hall–Kier alpha value is -0.860. The Kier molecular flexibility index (Phi) is 2.34. The van der Waals surface area contributed by atoms with Crippen LogP contribution in [-0.2, 0) is 9.59 Å². The summed E-state index contributed by atoms with van der Waals surface area (Å²) in [5, 5.41) is 0. The minimum atomic E-state index is 0.197. The number of aldehydes is 1. The van der Waals surface area contributed by atoms with Gasteiger partial charge in [-0.15, -0.1) is 0 Å². The van der Waals surface area contributed by atoms with Crippen molar-refractivity contribution in [3.63, 3.8) is 0 Å². The van der Waals surface area contributed by atoms with Gasteiger partial charge in [0, 0.05) is 24.9 Å². The van der Waals surface area contributed by atoms with Gasteiger partial charge in [-0.3, -0.25) is 4.79 Å². The maximum atomic E-state index is 11.6. The molecule has 0 aromatic carbocycles. The van der Waals surface area contributed by atoms with Crippen LogP contribution in [0.15, 0.2) is 0 Å². The van der Waals surface area contributed by atoms with Crippen LogP contribution in [-0.4, -0.2) is 30.2 Å². The highest BCUT2D eigenvalue weighted by Gasteiger charge is 2.34. The first-order chi connectivity index (χ1) is 6.31. The Labute approximate surface area is 78.1 Å². The highest BCUT2D eigenvalue weighted by Crippen LogP contribution is 2.32. The molecule has 1 amide bonds. The normalized spacial score (nSPS) is 24.5. The molecule has 1 saturated carbocycles. The zero-order valence-electron chi connectivity index (χ0n) is 7.74. The SMILES string of the molecule is O=CC1CCN(C(=O)C2CC2)CC1. The second-order valence-corrected chi connectivity index (χ2v) is 4.07. The van der Waals surface area contributed by atoms with Crippen LogP contribution < -0.4 is 0 Å². The number of likely N-dealkylation sites (tertiary alicyclic amines) is 1. The summed E-state index contributed by atoms with van der Waals surface area (Å²) in [6.07, 6.45) is 4.90. The maximum absolute atomic E-state index is 11.6. The van der Waals surface area contributed by atoms with Crippen LogP contribution in [0.25, 0.3) is 0 Å². The van der Waals surface area contributed by atoms with Crippen molar-refractivity contribution in [1.29, 1.82) is 0 Å². The lowest BCUT2D eigenvalue weighted by atomic mass is 9.98. The number of piperidine rings is 1. The van der Waals surface area contributed by atoms with Gasteiger partial charge < -0.3 is 9.69 Å². The lowest BCUT2D eigenvalue weighted by molar-refractivity contribution is -0.134. The van der Waals surface area contributed by atoms with E-state index >= 15 is 0 Å². The van der Waals surface area contributed by atoms with E-state index in [2.05, 4.69) is 0 Å². The molecule has 2 aliphatic rings. The molecule has 2 rings (SSSR count). The van der Waals surface area contributed by atoms with Crippen molar-refractivity contribution in [1.82, 2.24) is 4.90 Å². The van der Waals surface area contributed by atoms with Crippen molar-refractivity contribution >= 4 is 12.2 Å². The van der Waals surface area contributed by atoms with Crippen LogP contribution in [0.2, 0.25) is 0 Å². The van der Waals surface area contributed by atoms with Crippen LogP contribution in [0.5, 0.6) is 0 Å². The van der Waals surface area contributed by atoms with Crippen LogP contribution in [0.3, 0.4) is 0 Å². The Morgan fingerprint density at radius 2 is 1.77 bits per heavy atom. The molecule has 13 heavy (non-hydrogen) atoms. The van der Waals surface area contributed by atoms with Gasteiger partial charge in [0.25, 0.3) is 0 Å². The predicted octanol–water partition coefficient (Wildman–Crippen LogP) is 0.834. The molecule has 0 spiro atoms. The number of amides is 1. The van der Waals surface area contributed by atoms with Crippen molar-refractivity contribution in [2.45, 2.75) is 25.7 Å². The fourth-order valence-electron chi connectivity index (χ4n) is 1.84. The quantitative estimate of drug-likeness (QED) is 0.592. The van der Waals surface area contributed by atoms with Crippen LogP contribution in [0, 0.1) is 11.8 Å². The number of nitrogens with zero attached hydrogens (tertiary/aromatic N) is 1. The van der Waals surface area contributed by atoms with Gasteiger partial charge in [0.2, 0.25) is 5.91 Å². The molecule has 0 bridgehead atoms. The molecule has 2 fully saturated rings. The zero-order chi connectivity index (χ0) is 9.26. The molecule has 1 heterocycles. The topological polar surface area (TPSA) is 37.4 Å². The number of carbonyl (C=O) groups is 2. The fraction of sp³-hybridized carbons (Fsp3) is 0.800. The summed E-state index contributed by atoms with van der Waals surface area (Å²) in [5.74, 6) is 0.848. The number of carbonyl (C=O) groups excluding carboxylic acids is 2. The standard InChI is InChI=1S/C10H15NO2/c12-7-8-3-5-11(6-4-8)10(13)9-1-2-9/h7-9H,1-6H2. The molecule has 0 aromatic rings. The summed E-state index contributed by atoms with van der Waals surface area (Å²) >= 11 is 0. The number of hydrogen-bond acceptors (Lipinski definition) is 2. The Balaban J connectivity index is 1.83. The molecule has 1 saturated heterocycles. The van der Waals surface area contributed by atoms with Crippen LogP contribution >= 0.6 is 0 Å². The monoisotopic (exact) mass is 181 g/mol. The molecule has 0 unspecified atom stereocenters. The first kappa shape index (κ1) is 8.73. The largest absolute Gasteiger partial charge is 0.342 e. The molecule has 1 aliphatic heterocycles. The van der Waals surface area contributed by atoms with E-state index in [9.17, 15) is 9.59 Å². The van der Waals surface area contributed by atoms with E-state index in [-0.39, 0.29) is 5.92 Å². The van der Waals surface area contributed by atoms with Gasteiger partial charge in [-0.1, -0.05) is 0 Å². The van der Waals surface area contributed by atoms with E-state index in [1.54, 1.807) is 0 Å².